The normalized spacial score (nSPS) is 11.2. The van der Waals surface area contributed by atoms with Gasteiger partial charge in [0.15, 0.2) is 0 Å². The fourth-order valence-electron chi connectivity index (χ4n) is 1.58. The number of nitrogens with one attached hydrogen (secondary N) is 1. The van der Waals surface area contributed by atoms with Crippen LogP contribution in [0.1, 0.15) is 22.8 Å². The van der Waals surface area contributed by atoms with Gasteiger partial charge in [-0.25, -0.2) is 9.82 Å². The maximum absolute atomic E-state index is 12.8. The van der Waals surface area contributed by atoms with Crippen LogP contribution in [0, 0.1) is 5.82 Å². The van der Waals surface area contributed by atoms with Gasteiger partial charge in [0.25, 0.3) is 5.91 Å². The lowest BCUT2D eigenvalue weighted by atomic mass is 10.1. The first-order chi connectivity index (χ1) is 9.56. The van der Waals surface area contributed by atoms with Crippen LogP contribution in [0.25, 0.3) is 0 Å². The van der Waals surface area contributed by atoms with Crippen molar-refractivity contribution in [3.63, 3.8) is 0 Å². The molecule has 0 aliphatic heterocycles. The molecule has 20 heavy (non-hydrogen) atoms. The third-order valence-electron chi connectivity index (χ3n) is 2.67. The number of benzene rings is 2. The molecular formula is C15H12ClFN2O. The second-order valence-electron chi connectivity index (χ2n) is 4.16. The Kier molecular flexibility index (Phi) is 4.48. The first-order valence-corrected chi connectivity index (χ1v) is 6.30. The number of amides is 1. The van der Waals surface area contributed by atoms with Crippen LogP contribution in [0.15, 0.2) is 53.6 Å². The molecular weight excluding hydrogens is 279 g/mol. The number of carbonyl (C=O) groups excluding carboxylic acids is 1. The highest BCUT2D eigenvalue weighted by atomic mass is 35.5. The monoisotopic (exact) mass is 290 g/mol. The fraction of sp³-hybridized carbons (Fsp3) is 0.0667. The standard InChI is InChI=1S/C15H12ClFN2O/c1-10(12-3-2-4-13(16)9-12)18-19-15(20)11-5-7-14(17)8-6-11/h2-9H,1H3,(H,19,20)/b18-10-. The van der Waals surface area contributed by atoms with Gasteiger partial charge >= 0.3 is 0 Å². The minimum absolute atomic E-state index is 0.342. The number of hydrogen-bond acceptors (Lipinski definition) is 2. The van der Waals surface area contributed by atoms with E-state index in [-0.39, 0.29) is 5.82 Å². The van der Waals surface area contributed by atoms with Crippen LogP contribution in [-0.2, 0) is 0 Å². The van der Waals surface area contributed by atoms with Gasteiger partial charge in [-0.1, -0.05) is 23.7 Å². The van der Waals surface area contributed by atoms with Gasteiger partial charge in [-0.3, -0.25) is 4.79 Å². The molecule has 0 fully saturated rings. The first kappa shape index (κ1) is 14.2. The topological polar surface area (TPSA) is 41.5 Å². The van der Waals surface area contributed by atoms with Gasteiger partial charge < -0.3 is 0 Å². The Labute approximate surface area is 121 Å². The Morgan fingerprint density at radius 2 is 1.85 bits per heavy atom. The Morgan fingerprint density at radius 1 is 1.15 bits per heavy atom. The number of rotatable bonds is 3. The van der Waals surface area contributed by atoms with Gasteiger partial charge in [-0.2, -0.15) is 5.10 Å². The molecule has 0 bridgehead atoms. The van der Waals surface area contributed by atoms with Crippen LogP contribution in [0.5, 0.6) is 0 Å². The summed E-state index contributed by atoms with van der Waals surface area (Å²) in [7, 11) is 0. The summed E-state index contributed by atoms with van der Waals surface area (Å²) in [6.07, 6.45) is 0. The molecule has 0 radical (unpaired) electrons. The number of hydrogen-bond donors (Lipinski definition) is 1. The largest absolute Gasteiger partial charge is 0.271 e. The van der Waals surface area contributed by atoms with E-state index in [0.29, 0.717) is 16.3 Å². The zero-order chi connectivity index (χ0) is 14.5. The molecule has 102 valence electrons. The average Bonchev–Trinajstić information content (AvgIpc) is 2.45. The van der Waals surface area contributed by atoms with Crippen LogP contribution in [0.2, 0.25) is 5.02 Å². The zero-order valence-electron chi connectivity index (χ0n) is 10.7. The minimum atomic E-state index is -0.397. The van der Waals surface area contributed by atoms with Crippen LogP contribution in [0.3, 0.4) is 0 Å². The summed E-state index contributed by atoms with van der Waals surface area (Å²) in [6, 6.07) is 12.4. The van der Waals surface area contributed by atoms with Crippen LogP contribution in [-0.4, -0.2) is 11.6 Å². The third kappa shape index (κ3) is 3.65. The van der Waals surface area contributed by atoms with E-state index in [1.807, 2.05) is 6.07 Å². The molecule has 0 aromatic heterocycles. The number of halogens is 2. The fourth-order valence-corrected chi connectivity index (χ4v) is 1.77. The molecule has 0 spiro atoms. The third-order valence-corrected chi connectivity index (χ3v) is 2.91. The van der Waals surface area contributed by atoms with E-state index in [0.717, 1.165) is 5.56 Å². The molecule has 1 N–H and O–H groups in total. The molecule has 3 nitrogen and oxygen atoms in total. The van der Waals surface area contributed by atoms with Crippen molar-refractivity contribution in [1.82, 2.24) is 5.43 Å². The SMILES string of the molecule is C/C(=N/NC(=O)c1ccc(F)cc1)c1cccc(Cl)c1. The van der Waals surface area contributed by atoms with E-state index in [4.69, 9.17) is 11.6 Å². The lowest BCUT2D eigenvalue weighted by molar-refractivity contribution is 0.0955. The highest BCUT2D eigenvalue weighted by Gasteiger charge is 2.05. The number of hydrazone groups is 1. The molecule has 0 heterocycles. The quantitative estimate of drug-likeness (QED) is 0.680. The summed E-state index contributed by atoms with van der Waals surface area (Å²) < 4.78 is 12.8. The van der Waals surface area contributed by atoms with Gasteiger partial charge in [0.2, 0.25) is 0 Å². The average molecular weight is 291 g/mol. The van der Waals surface area contributed by atoms with Crippen molar-refractivity contribution < 1.29 is 9.18 Å². The Balaban J connectivity index is 2.08. The Bertz CT molecular complexity index is 653. The van der Waals surface area contributed by atoms with Crippen molar-refractivity contribution >= 4 is 23.2 Å². The van der Waals surface area contributed by atoms with Crippen LogP contribution >= 0.6 is 11.6 Å². The van der Waals surface area contributed by atoms with E-state index in [9.17, 15) is 9.18 Å². The summed E-state index contributed by atoms with van der Waals surface area (Å²) >= 11 is 5.88. The molecule has 0 aliphatic carbocycles. The number of carbonyl (C=O) groups is 1. The van der Waals surface area contributed by atoms with Crippen LogP contribution in [0.4, 0.5) is 4.39 Å². The van der Waals surface area contributed by atoms with Gasteiger partial charge in [0.05, 0.1) is 5.71 Å². The second-order valence-corrected chi connectivity index (χ2v) is 4.59. The molecule has 5 heteroatoms. The Morgan fingerprint density at radius 3 is 2.50 bits per heavy atom. The van der Waals surface area contributed by atoms with Crippen molar-refractivity contribution in [3.05, 3.63) is 70.5 Å². The molecule has 0 saturated heterocycles. The van der Waals surface area contributed by atoms with Gasteiger partial charge in [-0.15, -0.1) is 0 Å². The van der Waals surface area contributed by atoms with Gasteiger partial charge in [0.1, 0.15) is 5.82 Å². The predicted molar refractivity (Wildman–Crippen MR) is 77.5 cm³/mol. The van der Waals surface area contributed by atoms with Crippen molar-refractivity contribution in [1.29, 1.82) is 0 Å². The maximum atomic E-state index is 12.8. The van der Waals surface area contributed by atoms with Gasteiger partial charge in [-0.05, 0) is 48.9 Å². The molecule has 0 unspecified atom stereocenters. The molecule has 1 amide bonds. The number of nitrogens with zero attached hydrogens (tertiary/aromatic N) is 1. The van der Waals surface area contributed by atoms with Crippen LogP contribution < -0.4 is 5.43 Å². The minimum Gasteiger partial charge on any atom is -0.267 e. The Hall–Kier alpha value is -2.20. The highest BCUT2D eigenvalue weighted by Crippen LogP contribution is 2.11. The smallest absolute Gasteiger partial charge is 0.267 e. The lowest BCUT2D eigenvalue weighted by Crippen LogP contribution is -2.19. The summed E-state index contributed by atoms with van der Waals surface area (Å²) in [5, 5.41) is 4.60. The molecule has 0 aliphatic rings. The highest BCUT2D eigenvalue weighted by molar-refractivity contribution is 6.31. The molecule has 2 rings (SSSR count). The van der Waals surface area contributed by atoms with Crippen molar-refractivity contribution in [3.8, 4) is 0 Å². The summed E-state index contributed by atoms with van der Waals surface area (Å²) in [4.78, 5) is 11.8. The maximum Gasteiger partial charge on any atom is 0.271 e. The lowest BCUT2D eigenvalue weighted by Gasteiger charge is -2.03. The second kappa shape index (κ2) is 6.30. The molecule has 0 atom stereocenters. The van der Waals surface area contributed by atoms with Gasteiger partial charge in [0, 0.05) is 10.6 Å². The molecule has 2 aromatic rings. The predicted octanol–water partition coefficient (Wildman–Crippen LogP) is 3.63. The molecule has 0 saturated carbocycles. The summed E-state index contributed by atoms with van der Waals surface area (Å²) in [5.74, 6) is -0.786. The van der Waals surface area contributed by atoms with E-state index in [1.165, 1.54) is 24.3 Å². The van der Waals surface area contributed by atoms with Crippen molar-refractivity contribution in [2.75, 3.05) is 0 Å². The van der Waals surface area contributed by atoms with E-state index < -0.39 is 5.91 Å². The van der Waals surface area contributed by atoms with Crippen molar-refractivity contribution in [2.45, 2.75) is 6.92 Å². The summed E-state index contributed by atoms with van der Waals surface area (Å²) in [5.41, 5.74) is 4.21. The van der Waals surface area contributed by atoms with E-state index in [2.05, 4.69) is 10.5 Å². The summed E-state index contributed by atoms with van der Waals surface area (Å²) in [6.45, 7) is 1.76. The van der Waals surface area contributed by atoms with Crippen molar-refractivity contribution in [2.24, 2.45) is 5.10 Å². The van der Waals surface area contributed by atoms with E-state index >= 15 is 0 Å². The van der Waals surface area contributed by atoms with E-state index in [1.54, 1.807) is 25.1 Å². The molecule has 2 aromatic carbocycles. The first-order valence-electron chi connectivity index (χ1n) is 5.92. The zero-order valence-corrected chi connectivity index (χ0v) is 11.5.